The highest BCUT2D eigenvalue weighted by Gasteiger charge is 2.39. The van der Waals surface area contributed by atoms with Gasteiger partial charge in [0.15, 0.2) is 0 Å². The first-order chi connectivity index (χ1) is 37.2. The van der Waals surface area contributed by atoms with Crippen LogP contribution in [-0.4, -0.2) is 19.1 Å². The van der Waals surface area contributed by atoms with Gasteiger partial charge in [-0.1, -0.05) is 173 Å². The van der Waals surface area contributed by atoms with E-state index in [1.54, 1.807) is 0 Å². The average Bonchev–Trinajstić information content (AvgIpc) is 4.17. The lowest BCUT2D eigenvalue weighted by Crippen LogP contribution is -2.30. The van der Waals surface area contributed by atoms with Crippen molar-refractivity contribution in [3.05, 3.63) is 265 Å². The molecule has 76 heavy (non-hydrogen) atoms. The van der Waals surface area contributed by atoms with Crippen LogP contribution in [0.3, 0.4) is 0 Å². The van der Waals surface area contributed by atoms with E-state index in [0.29, 0.717) is 0 Å². The van der Waals surface area contributed by atoms with Gasteiger partial charge in [-0.25, -0.2) is 9.97 Å². The van der Waals surface area contributed by atoms with Crippen LogP contribution in [0.15, 0.2) is 243 Å². The van der Waals surface area contributed by atoms with Crippen LogP contribution in [0.1, 0.15) is 49.9 Å². The van der Waals surface area contributed by atoms with E-state index in [1.807, 2.05) is 0 Å². The Morgan fingerprint density at radius 1 is 0.303 bits per heavy atom. The molecule has 0 N–H and O–H groups in total. The third-order valence-electron chi connectivity index (χ3n) is 16.5. The highest BCUT2D eigenvalue weighted by atomic mass is 15.2. The zero-order valence-corrected chi connectivity index (χ0v) is 42.8. The number of aromatic nitrogens is 4. The summed E-state index contributed by atoms with van der Waals surface area (Å²) in [6.45, 7) is 9.42. The van der Waals surface area contributed by atoms with Crippen LogP contribution < -0.4 is 9.80 Å². The smallest absolute Gasteiger partial charge is 0.146 e. The fraction of sp³-hybridized carbons (Fsp3) is 0.0857. The van der Waals surface area contributed by atoms with Gasteiger partial charge in [-0.2, -0.15) is 0 Å². The van der Waals surface area contributed by atoms with Crippen molar-refractivity contribution in [1.29, 1.82) is 0 Å². The Morgan fingerprint density at radius 2 is 0.711 bits per heavy atom. The fourth-order valence-electron chi connectivity index (χ4n) is 12.9. The highest BCUT2D eigenvalue weighted by Crippen LogP contribution is 2.56. The van der Waals surface area contributed by atoms with Gasteiger partial charge in [0.25, 0.3) is 0 Å². The molecular formula is C70H52N6. The Balaban J connectivity index is 1.12. The van der Waals surface area contributed by atoms with Crippen LogP contribution in [0.4, 0.5) is 34.1 Å². The quantitative estimate of drug-likeness (QED) is 0.156. The standard InChI is InChI=1S/C70H52N6/c1-69(2)54-27-11-17-33-60(54)73(61-34-18-12-28-55(61)69)48-43-52-49(53(44-48)68-72-59-32-16-22-38-65(59)75(68)47-25-9-6-10-26-47)39-40-50-51(52)41-45(67-71-58-31-15-21-37-64(58)74(67)46-23-7-5-8-24-46)42-66(50)76-62-35-19-13-29-56(62)70(3,4)57-30-14-20-36-63(57)76/h5-44H,1-4H3. The van der Waals surface area contributed by atoms with Gasteiger partial charge in [0, 0.05) is 44.4 Å². The first kappa shape index (κ1) is 44.0. The van der Waals surface area contributed by atoms with Gasteiger partial charge in [-0.15, -0.1) is 0 Å². The maximum Gasteiger partial charge on any atom is 0.146 e. The van der Waals surface area contributed by atoms with Gasteiger partial charge in [0.05, 0.1) is 50.5 Å². The Hall–Kier alpha value is -9.52. The summed E-state index contributed by atoms with van der Waals surface area (Å²) in [5, 5.41) is 4.45. The van der Waals surface area contributed by atoms with Crippen LogP contribution in [-0.2, 0) is 10.8 Å². The molecule has 13 aromatic rings. The Kier molecular flexibility index (Phi) is 9.55. The first-order valence-corrected chi connectivity index (χ1v) is 26.3. The number of para-hydroxylation sites is 10. The van der Waals surface area contributed by atoms with E-state index in [2.05, 4.69) is 289 Å². The summed E-state index contributed by atoms with van der Waals surface area (Å²) in [5.41, 5.74) is 19.5. The SMILES string of the molecule is CC1(C)c2ccccc2N(c2cc(-c3nc4ccccc4n3-c3ccccc3)c3ccc4c(N5c6ccccc6C(C)(C)c6ccccc65)cc(-c5nc6ccccc6n5-c5ccccc5)cc4c3c2)c2ccccc21. The summed E-state index contributed by atoms with van der Waals surface area (Å²) in [4.78, 5) is 16.2. The van der Waals surface area contributed by atoms with Crippen LogP contribution in [0.25, 0.3) is 77.8 Å². The molecule has 6 heteroatoms. The number of rotatable bonds is 6. The largest absolute Gasteiger partial charge is 0.310 e. The molecule has 11 aromatic carbocycles. The van der Waals surface area contributed by atoms with Crippen molar-refractivity contribution in [3.63, 3.8) is 0 Å². The maximum absolute atomic E-state index is 5.60. The molecule has 0 unspecified atom stereocenters. The van der Waals surface area contributed by atoms with Crippen molar-refractivity contribution in [1.82, 2.24) is 19.1 Å². The van der Waals surface area contributed by atoms with Gasteiger partial charge in [0.1, 0.15) is 11.6 Å². The Morgan fingerprint density at radius 3 is 1.24 bits per heavy atom. The van der Waals surface area contributed by atoms with E-state index >= 15 is 0 Å². The zero-order valence-electron chi connectivity index (χ0n) is 42.8. The van der Waals surface area contributed by atoms with E-state index in [1.165, 1.54) is 22.3 Å². The zero-order chi connectivity index (χ0) is 50.9. The minimum atomic E-state index is -0.241. The molecule has 0 fully saturated rings. The van der Waals surface area contributed by atoms with E-state index in [4.69, 9.17) is 9.97 Å². The average molecular weight is 977 g/mol. The van der Waals surface area contributed by atoms with Gasteiger partial charge in [0.2, 0.25) is 0 Å². The topological polar surface area (TPSA) is 42.1 Å². The van der Waals surface area contributed by atoms with Gasteiger partial charge >= 0.3 is 0 Å². The second-order valence-corrected chi connectivity index (χ2v) is 21.4. The van der Waals surface area contributed by atoms with Crippen molar-refractivity contribution < 1.29 is 0 Å². The van der Waals surface area contributed by atoms with E-state index in [9.17, 15) is 0 Å². The molecule has 4 heterocycles. The van der Waals surface area contributed by atoms with Gasteiger partial charge in [-0.3, -0.25) is 9.13 Å². The molecule has 2 aliphatic heterocycles. The third kappa shape index (κ3) is 6.40. The molecule has 0 bridgehead atoms. The summed E-state index contributed by atoms with van der Waals surface area (Å²) < 4.78 is 4.67. The monoisotopic (exact) mass is 976 g/mol. The van der Waals surface area contributed by atoms with Crippen LogP contribution in [0, 0.1) is 0 Å². The maximum atomic E-state index is 5.60. The summed E-state index contributed by atoms with van der Waals surface area (Å²) in [6.07, 6.45) is 0. The molecule has 15 rings (SSSR count). The van der Waals surface area contributed by atoms with Crippen molar-refractivity contribution in [2.45, 2.75) is 38.5 Å². The lowest BCUT2D eigenvalue weighted by Gasteiger charge is -2.42. The molecule has 0 aliphatic carbocycles. The number of imidazole rings is 2. The van der Waals surface area contributed by atoms with Crippen molar-refractivity contribution in [2.75, 3.05) is 9.80 Å². The molecule has 0 amide bonds. The molecular weight excluding hydrogens is 925 g/mol. The molecule has 2 aliphatic rings. The van der Waals surface area contributed by atoms with Crippen LogP contribution in [0.2, 0.25) is 0 Å². The van der Waals surface area contributed by atoms with Crippen LogP contribution >= 0.6 is 0 Å². The van der Waals surface area contributed by atoms with E-state index in [-0.39, 0.29) is 10.8 Å². The first-order valence-electron chi connectivity index (χ1n) is 26.3. The molecule has 0 saturated carbocycles. The summed E-state index contributed by atoms with van der Waals surface area (Å²) in [6, 6.07) is 88.5. The van der Waals surface area contributed by atoms with Crippen molar-refractivity contribution >= 4 is 77.7 Å². The lowest BCUT2D eigenvalue weighted by molar-refractivity contribution is 0.632. The molecule has 0 radical (unpaired) electrons. The predicted molar refractivity (Wildman–Crippen MR) is 315 cm³/mol. The number of hydrogen-bond acceptors (Lipinski definition) is 4. The third-order valence-corrected chi connectivity index (χ3v) is 16.5. The number of nitrogens with zero attached hydrogens (tertiary/aromatic N) is 6. The molecule has 362 valence electrons. The molecule has 0 saturated heterocycles. The summed E-state index contributed by atoms with van der Waals surface area (Å²) in [7, 11) is 0. The molecule has 0 atom stereocenters. The molecule has 2 aromatic heterocycles. The number of benzene rings is 11. The highest BCUT2D eigenvalue weighted by molar-refractivity contribution is 6.19. The minimum Gasteiger partial charge on any atom is -0.310 e. The van der Waals surface area contributed by atoms with E-state index < -0.39 is 0 Å². The van der Waals surface area contributed by atoms with Gasteiger partial charge in [-0.05, 0) is 135 Å². The second kappa shape index (κ2) is 16.5. The normalized spacial score (nSPS) is 14.2. The number of fused-ring (bicyclic) bond motifs is 9. The molecule has 6 nitrogen and oxygen atoms in total. The minimum absolute atomic E-state index is 0.235. The Bertz CT molecular complexity index is 4390. The second-order valence-electron chi connectivity index (χ2n) is 21.4. The number of anilines is 6. The van der Waals surface area contributed by atoms with Crippen molar-refractivity contribution in [3.8, 4) is 34.2 Å². The fourth-order valence-corrected chi connectivity index (χ4v) is 12.9. The Labute approximate surface area is 442 Å². The van der Waals surface area contributed by atoms with Crippen LogP contribution in [0.5, 0.6) is 0 Å². The molecule has 0 spiro atoms. The predicted octanol–water partition coefficient (Wildman–Crippen LogP) is 18.2. The summed E-state index contributed by atoms with van der Waals surface area (Å²) in [5.74, 6) is 1.75. The number of hydrogen-bond donors (Lipinski definition) is 0. The van der Waals surface area contributed by atoms with Gasteiger partial charge < -0.3 is 9.80 Å². The van der Waals surface area contributed by atoms with Crippen molar-refractivity contribution in [2.24, 2.45) is 0 Å². The summed E-state index contributed by atoms with van der Waals surface area (Å²) >= 11 is 0. The lowest BCUT2D eigenvalue weighted by atomic mass is 9.73. The van der Waals surface area contributed by atoms with E-state index in [0.717, 1.165) is 112 Å².